The lowest BCUT2D eigenvalue weighted by atomic mass is 10.1. The first-order valence-electron chi connectivity index (χ1n) is 8.41. The number of hydrogen-bond acceptors (Lipinski definition) is 6. The Bertz CT molecular complexity index is 909. The van der Waals surface area contributed by atoms with E-state index in [1.807, 2.05) is 55.5 Å². The molecule has 0 aliphatic rings. The van der Waals surface area contributed by atoms with Crippen LogP contribution in [-0.4, -0.2) is 25.1 Å². The number of benzene rings is 2. The Kier molecular flexibility index (Phi) is 5.93. The van der Waals surface area contributed by atoms with Crippen LogP contribution in [0, 0.1) is 0 Å². The second-order valence-electron chi connectivity index (χ2n) is 5.83. The van der Waals surface area contributed by atoms with Crippen LogP contribution in [0.5, 0.6) is 11.5 Å². The van der Waals surface area contributed by atoms with Gasteiger partial charge in [0.15, 0.2) is 5.13 Å². The normalized spacial score (nSPS) is 11.5. The zero-order valence-corrected chi connectivity index (χ0v) is 16.2. The first kappa shape index (κ1) is 18.7. The van der Waals surface area contributed by atoms with Crippen molar-refractivity contribution in [2.45, 2.75) is 13.0 Å². The van der Waals surface area contributed by atoms with Crippen molar-refractivity contribution in [3.8, 4) is 11.5 Å². The highest BCUT2D eigenvalue weighted by Crippen LogP contribution is 2.26. The van der Waals surface area contributed by atoms with Gasteiger partial charge in [-0.25, -0.2) is 4.98 Å². The van der Waals surface area contributed by atoms with Crippen LogP contribution >= 0.6 is 11.3 Å². The minimum Gasteiger partial charge on any atom is -0.497 e. The Balaban J connectivity index is 1.65. The Labute approximate surface area is 162 Å². The highest BCUT2D eigenvalue weighted by Gasteiger charge is 2.17. The summed E-state index contributed by atoms with van der Waals surface area (Å²) in [5, 5.41) is 8.53. The molecular formula is C20H21N3O3S. The molecule has 1 unspecified atom stereocenters. The maximum Gasteiger partial charge on any atom is 0.271 e. The number of nitrogens with one attached hydrogen (secondary N) is 2. The van der Waals surface area contributed by atoms with E-state index in [1.165, 1.54) is 11.3 Å². The van der Waals surface area contributed by atoms with Gasteiger partial charge in [-0.1, -0.05) is 18.2 Å². The quantitative estimate of drug-likeness (QED) is 0.633. The van der Waals surface area contributed by atoms with Crippen LogP contribution in [0.15, 0.2) is 53.9 Å². The SMILES string of the molecule is COc1ccc(Nc2nc(C(=O)NC(C)c3ccccc3OC)cs2)cc1. The molecule has 1 heterocycles. The van der Waals surface area contributed by atoms with E-state index in [-0.39, 0.29) is 11.9 Å². The molecule has 0 radical (unpaired) electrons. The lowest BCUT2D eigenvalue weighted by molar-refractivity contribution is 0.0935. The smallest absolute Gasteiger partial charge is 0.271 e. The number of ether oxygens (including phenoxy) is 2. The van der Waals surface area contributed by atoms with E-state index in [0.29, 0.717) is 10.8 Å². The van der Waals surface area contributed by atoms with Gasteiger partial charge in [-0.15, -0.1) is 11.3 Å². The number of carbonyl (C=O) groups is 1. The van der Waals surface area contributed by atoms with Gasteiger partial charge in [0.1, 0.15) is 17.2 Å². The number of amides is 1. The molecule has 0 saturated carbocycles. The van der Waals surface area contributed by atoms with Crippen LogP contribution in [0.25, 0.3) is 0 Å². The molecule has 3 aromatic rings. The van der Waals surface area contributed by atoms with Gasteiger partial charge >= 0.3 is 0 Å². The van der Waals surface area contributed by atoms with E-state index in [1.54, 1.807) is 19.6 Å². The Morgan fingerprint density at radius 1 is 1.07 bits per heavy atom. The average Bonchev–Trinajstić information content (AvgIpc) is 3.17. The lowest BCUT2D eigenvalue weighted by Crippen LogP contribution is -2.27. The standard InChI is InChI=1S/C20H21N3O3S/c1-13(16-6-4-5-7-18(16)26-3)21-19(24)17-12-27-20(23-17)22-14-8-10-15(25-2)11-9-14/h4-13H,1-3H3,(H,21,24)(H,22,23). The van der Waals surface area contributed by atoms with Crippen LogP contribution in [0.2, 0.25) is 0 Å². The molecule has 0 spiro atoms. The van der Waals surface area contributed by atoms with Gasteiger partial charge in [0.05, 0.1) is 20.3 Å². The average molecular weight is 383 g/mol. The van der Waals surface area contributed by atoms with Gasteiger partial charge in [0.2, 0.25) is 0 Å². The third kappa shape index (κ3) is 4.57. The van der Waals surface area contributed by atoms with Crippen molar-refractivity contribution in [2.24, 2.45) is 0 Å². The summed E-state index contributed by atoms with van der Waals surface area (Å²) in [5.41, 5.74) is 2.16. The summed E-state index contributed by atoms with van der Waals surface area (Å²) in [5.74, 6) is 1.29. The van der Waals surface area contributed by atoms with E-state index < -0.39 is 0 Å². The molecule has 0 fully saturated rings. The van der Waals surface area contributed by atoms with Crippen LogP contribution < -0.4 is 20.1 Å². The molecule has 0 aliphatic carbocycles. The molecule has 0 aliphatic heterocycles. The maximum atomic E-state index is 12.5. The molecule has 27 heavy (non-hydrogen) atoms. The lowest BCUT2D eigenvalue weighted by Gasteiger charge is -2.16. The molecule has 7 heteroatoms. The van der Waals surface area contributed by atoms with Crippen LogP contribution in [-0.2, 0) is 0 Å². The number of aromatic nitrogens is 1. The Morgan fingerprint density at radius 2 is 1.81 bits per heavy atom. The largest absolute Gasteiger partial charge is 0.497 e. The van der Waals surface area contributed by atoms with Crippen LogP contribution in [0.1, 0.15) is 29.0 Å². The highest BCUT2D eigenvalue weighted by atomic mass is 32.1. The summed E-state index contributed by atoms with van der Waals surface area (Å²) < 4.78 is 10.5. The van der Waals surface area contributed by atoms with Gasteiger partial charge in [0.25, 0.3) is 5.91 Å². The van der Waals surface area contributed by atoms with Crippen molar-refractivity contribution in [1.82, 2.24) is 10.3 Å². The van der Waals surface area contributed by atoms with E-state index in [0.717, 1.165) is 22.7 Å². The van der Waals surface area contributed by atoms with Gasteiger partial charge in [-0.2, -0.15) is 0 Å². The molecule has 1 atom stereocenters. The number of para-hydroxylation sites is 1. The van der Waals surface area contributed by atoms with Crippen molar-refractivity contribution >= 4 is 28.1 Å². The van der Waals surface area contributed by atoms with Crippen molar-refractivity contribution in [1.29, 1.82) is 0 Å². The molecule has 2 N–H and O–H groups in total. The van der Waals surface area contributed by atoms with E-state index >= 15 is 0 Å². The fraction of sp³-hybridized carbons (Fsp3) is 0.200. The number of anilines is 2. The Morgan fingerprint density at radius 3 is 2.52 bits per heavy atom. The number of nitrogens with zero attached hydrogens (tertiary/aromatic N) is 1. The minimum atomic E-state index is -0.229. The number of thiazole rings is 1. The van der Waals surface area contributed by atoms with Crippen molar-refractivity contribution in [3.05, 3.63) is 65.2 Å². The summed E-state index contributed by atoms with van der Waals surface area (Å²) in [6.45, 7) is 1.92. The molecule has 1 aromatic heterocycles. The molecule has 6 nitrogen and oxygen atoms in total. The van der Waals surface area contributed by atoms with Crippen molar-refractivity contribution in [2.75, 3.05) is 19.5 Å². The third-order valence-corrected chi connectivity index (χ3v) is 4.79. The molecular weight excluding hydrogens is 362 g/mol. The number of rotatable bonds is 7. The summed E-state index contributed by atoms with van der Waals surface area (Å²) in [4.78, 5) is 16.9. The summed E-state index contributed by atoms with van der Waals surface area (Å²) in [6.07, 6.45) is 0. The molecule has 0 bridgehead atoms. The van der Waals surface area contributed by atoms with Crippen LogP contribution in [0.4, 0.5) is 10.8 Å². The fourth-order valence-corrected chi connectivity index (χ4v) is 3.32. The minimum absolute atomic E-state index is 0.201. The predicted octanol–water partition coefficient (Wildman–Crippen LogP) is 4.39. The second kappa shape index (κ2) is 8.55. The number of methoxy groups -OCH3 is 2. The van der Waals surface area contributed by atoms with E-state index in [9.17, 15) is 4.79 Å². The summed E-state index contributed by atoms with van der Waals surface area (Å²) in [7, 11) is 3.24. The zero-order valence-electron chi connectivity index (χ0n) is 15.4. The van der Waals surface area contributed by atoms with Gasteiger partial charge in [0, 0.05) is 16.6 Å². The van der Waals surface area contributed by atoms with Crippen molar-refractivity contribution in [3.63, 3.8) is 0 Å². The fourth-order valence-electron chi connectivity index (χ4n) is 2.61. The topological polar surface area (TPSA) is 72.5 Å². The highest BCUT2D eigenvalue weighted by molar-refractivity contribution is 7.14. The van der Waals surface area contributed by atoms with Crippen LogP contribution in [0.3, 0.4) is 0 Å². The first-order valence-corrected chi connectivity index (χ1v) is 9.29. The van der Waals surface area contributed by atoms with Gasteiger partial charge in [-0.3, -0.25) is 4.79 Å². The number of carbonyl (C=O) groups excluding carboxylic acids is 1. The molecule has 0 saturated heterocycles. The summed E-state index contributed by atoms with van der Waals surface area (Å²) in [6, 6.07) is 14.9. The third-order valence-electron chi connectivity index (χ3n) is 4.03. The molecule has 140 valence electrons. The van der Waals surface area contributed by atoms with E-state index in [4.69, 9.17) is 9.47 Å². The molecule has 1 amide bonds. The Hall–Kier alpha value is -3.06. The molecule has 3 rings (SSSR count). The second-order valence-corrected chi connectivity index (χ2v) is 6.69. The summed E-state index contributed by atoms with van der Waals surface area (Å²) >= 11 is 1.37. The predicted molar refractivity (Wildman–Crippen MR) is 107 cm³/mol. The van der Waals surface area contributed by atoms with E-state index in [2.05, 4.69) is 15.6 Å². The van der Waals surface area contributed by atoms with Gasteiger partial charge in [-0.05, 0) is 37.3 Å². The van der Waals surface area contributed by atoms with Crippen molar-refractivity contribution < 1.29 is 14.3 Å². The number of hydrogen-bond donors (Lipinski definition) is 2. The zero-order chi connectivity index (χ0) is 19.2. The first-order chi connectivity index (χ1) is 13.1. The maximum absolute atomic E-state index is 12.5. The molecule has 2 aromatic carbocycles. The monoisotopic (exact) mass is 383 g/mol. The van der Waals surface area contributed by atoms with Gasteiger partial charge < -0.3 is 20.1 Å².